The minimum absolute atomic E-state index is 0.0220. The molecule has 5 aliphatic rings. The molecule has 9 aromatic rings. The second kappa shape index (κ2) is 17.2. The Hall–Kier alpha value is -7.63. The first kappa shape index (κ1) is 48.7. The number of rotatable bonds is 6. The van der Waals surface area contributed by atoms with Crippen LogP contribution in [0.3, 0.4) is 0 Å². The Labute approximate surface area is 462 Å². The molecule has 9 aromatic carbocycles. The molecule has 2 unspecified atom stereocenters. The first-order chi connectivity index (χ1) is 37.4. The zero-order valence-corrected chi connectivity index (χ0v) is 46.8. The molecule has 0 bridgehead atoms. The van der Waals surface area contributed by atoms with E-state index in [1.807, 2.05) is 6.07 Å². The van der Waals surface area contributed by atoms with E-state index >= 15 is 4.39 Å². The topological polar surface area (TPSA) is 9.72 Å². The Morgan fingerprint density at radius 1 is 0.423 bits per heavy atom. The van der Waals surface area contributed by atoms with E-state index < -0.39 is 0 Å². The molecule has 2 atom stereocenters. The van der Waals surface area contributed by atoms with Crippen molar-refractivity contribution >= 4 is 68.6 Å². The molecule has 3 aliphatic heterocycles. The van der Waals surface area contributed by atoms with Gasteiger partial charge in [0.1, 0.15) is 5.82 Å². The van der Waals surface area contributed by atoms with Crippen LogP contribution in [0.5, 0.6) is 0 Å². The molecule has 1 fully saturated rings. The first-order valence-corrected chi connectivity index (χ1v) is 28.6. The number of nitrogens with zero attached hydrogens (tertiary/aromatic N) is 3. The van der Waals surface area contributed by atoms with Gasteiger partial charge < -0.3 is 14.7 Å². The van der Waals surface area contributed by atoms with Crippen LogP contribution in [0.15, 0.2) is 194 Å². The van der Waals surface area contributed by atoms with Gasteiger partial charge in [-0.15, -0.1) is 0 Å². The fourth-order valence-electron chi connectivity index (χ4n) is 15.0. The number of fused-ring (bicyclic) bond motifs is 8. The molecule has 0 aromatic heterocycles. The van der Waals surface area contributed by atoms with Gasteiger partial charge in [0.05, 0.1) is 11.2 Å². The van der Waals surface area contributed by atoms with Crippen molar-refractivity contribution in [3.8, 4) is 33.4 Å². The highest BCUT2D eigenvalue weighted by Crippen LogP contribution is 2.63. The van der Waals surface area contributed by atoms with Crippen molar-refractivity contribution in [1.29, 1.82) is 0 Å². The number of hydrogen-bond acceptors (Lipinski definition) is 3. The predicted octanol–water partition coefficient (Wildman–Crippen LogP) is 17.9. The van der Waals surface area contributed by atoms with Crippen LogP contribution < -0.4 is 31.1 Å². The second-order valence-corrected chi connectivity index (χ2v) is 26.1. The molecule has 3 nitrogen and oxygen atoms in total. The smallest absolute Gasteiger partial charge is 0.252 e. The molecule has 386 valence electrons. The summed E-state index contributed by atoms with van der Waals surface area (Å²) in [5.41, 5.74) is 24.9. The van der Waals surface area contributed by atoms with Gasteiger partial charge in [-0.25, -0.2) is 4.39 Å². The molecule has 0 saturated heterocycles. The van der Waals surface area contributed by atoms with E-state index in [-0.39, 0.29) is 39.7 Å². The molecular formula is C73H69BFN3. The van der Waals surface area contributed by atoms with Crippen molar-refractivity contribution in [3.05, 3.63) is 222 Å². The van der Waals surface area contributed by atoms with Crippen LogP contribution in [0.1, 0.15) is 117 Å². The Kier molecular flexibility index (Phi) is 10.7. The third kappa shape index (κ3) is 7.22. The highest BCUT2D eigenvalue weighted by molar-refractivity contribution is 7.00. The van der Waals surface area contributed by atoms with Gasteiger partial charge in [0.2, 0.25) is 0 Å². The third-order valence-electron chi connectivity index (χ3n) is 19.6. The maximum absolute atomic E-state index is 15.8. The van der Waals surface area contributed by atoms with Gasteiger partial charge in [-0.2, -0.15) is 0 Å². The Balaban J connectivity index is 1.15. The van der Waals surface area contributed by atoms with E-state index in [2.05, 4.69) is 259 Å². The highest BCUT2D eigenvalue weighted by atomic mass is 19.1. The summed E-state index contributed by atoms with van der Waals surface area (Å²) in [5.74, 6) is -0.172. The van der Waals surface area contributed by atoms with Crippen molar-refractivity contribution < 1.29 is 4.39 Å². The number of benzene rings is 9. The Morgan fingerprint density at radius 2 is 1.01 bits per heavy atom. The second-order valence-electron chi connectivity index (χ2n) is 26.1. The Morgan fingerprint density at radius 3 is 1.68 bits per heavy atom. The van der Waals surface area contributed by atoms with E-state index in [9.17, 15) is 0 Å². The lowest BCUT2D eigenvalue weighted by Gasteiger charge is -2.49. The average Bonchev–Trinajstić information content (AvgIpc) is 4.05. The molecule has 0 radical (unpaired) electrons. The van der Waals surface area contributed by atoms with E-state index in [4.69, 9.17) is 0 Å². The van der Waals surface area contributed by atoms with E-state index in [1.165, 1.54) is 83.5 Å². The Bertz CT molecular complexity index is 3890. The van der Waals surface area contributed by atoms with Crippen LogP contribution in [-0.4, -0.2) is 12.3 Å². The SMILES string of the molecule is CC(C)(C)c1ccc(N2c3cc4c(cc3B3c5ccc(-c6ccccc6)cc5N(c5cccc(-c6ccccc6)c5)c5cc(N6c7ccc(F)cc7C7(C)CCCC67C)cc2c53)C(C)(C)CCC4(C)C)c(-c2ccccc2)c1. The molecule has 0 N–H and O–H groups in total. The lowest BCUT2D eigenvalue weighted by atomic mass is 9.33. The maximum Gasteiger partial charge on any atom is 0.252 e. The van der Waals surface area contributed by atoms with E-state index in [1.54, 1.807) is 6.07 Å². The van der Waals surface area contributed by atoms with Crippen LogP contribution in [0, 0.1) is 5.82 Å². The zero-order valence-electron chi connectivity index (χ0n) is 46.8. The van der Waals surface area contributed by atoms with Crippen molar-refractivity contribution in [2.75, 3.05) is 14.7 Å². The fourth-order valence-corrected chi connectivity index (χ4v) is 15.0. The van der Waals surface area contributed by atoms with Gasteiger partial charge in [0.25, 0.3) is 6.71 Å². The molecule has 1 saturated carbocycles. The summed E-state index contributed by atoms with van der Waals surface area (Å²) in [7, 11) is 0. The zero-order chi connectivity index (χ0) is 53.7. The van der Waals surface area contributed by atoms with Crippen molar-refractivity contribution in [3.63, 3.8) is 0 Å². The van der Waals surface area contributed by atoms with Gasteiger partial charge in [-0.3, -0.25) is 0 Å². The number of halogens is 1. The minimum atomic E-state index is -0.315. The van der Waals surface area contributed by atoms with E-state index in [0.29, 0.717) is 0 Å². The first-order valence-electron chi connectivity index (χ1n) is 28.6. The minimum Gasteiger partial charge on any atom is -0.334 e. The summed E-state index contributed by atoms with van der Waals surface area (Å²) in [5, 5.41) is 0. The van der Waals surface area contributed by atoms with Crippen molar-refractivity contribution in [1.82, 2.24) is 0 Å². The average molecular weight is 1020 g/mol. The van der Waals surface area contributed by atoms with Crippen LogP contribution >= 0.6 is 0 Å². The van der Waals surface area contributed by atoms with Gasteiger partial charge in [-0.05, 0) is 182 Å². The number of hydrogen-bond donors (Lipinski definition) is 0. The van der Waals surface area contributed by atoms with Crippen LogP contribution in [0.4, 0.5) is 49.9 Å². The number of anilines is 8. The summed E-state index contributed by atoms with van der Waals surface area (Å²) in [6, 6.07) is 72.4. The van der Waals surface area contributed by atoms with Crippen LogP contribution in [0.25, 0.3) is 33.4 Å². The summed E-state index contributed by atoms with van der Waals surface area (Å²) < 4.78 is 15.8. The van der Waals surface area contributed by atoms with Crippen molar-refractivity contribution in [2.24, 2.45) is 0 Å². The lowest BCUT2D eigenvalue weighted by molar-refractivity contribution is 0.330. The fraction of sp³-hybridized carbons (Fsp3) is 0.260. The molecule has 3 heterocycles. The summed E-state index contributed by atoms with van der Waals surface area (Å²) in [6.45, 7) is 21.6. The van der Waals surface area contributed by atoms with Gasteiger partial charge in [0.15, 0.2) is 0 Å². The molecule has 78 heavy (non-hydrogen) atoms. The molecule has 14 rings (SSSR count). The van der Waals surface area contributed by atoms with Gasteiger partial charge >= 0.3 is 0 Å². The van der Waals surface area contributed by atoms with Crippen LogP contribution in [-0.2, 0) is 21.7 Å². The van der Waals surface area contributed by atoms with Gasteiger partial charge in [-0.1, -0.05) is 189 Å². The molecule has 2 aliphatic carbocycles. The highest BCUT2D eigenvalue weighted by Gasteiger charge is 2.60. The molecule has 5 heteroatoms. The predicted molar refractivity (Wildman–Crippen MR) is 329 cm³/mol. The molecular weight excluding hydrogens is 949 g/mol. The standard InChI is InChI=1S/C73H69BFN3/c1-69(2,3)52-30-33-62(56(41-52)49-25-17-12-18-26-49)77-65-46-58-57(70(4,5)37-38-71(58,6)7)45-61(65)74-60-32-29-51(48-23-15-11-16-24-48)40-64(60)76(54-28-19-27-50(39-54)47-21-13-10-14-22-47)66-43-55(44-67(77)68(66)74)78-63-34-31-53(75)42-59(63)72(8)35-20-36-73(72,78)9/h10-19,21-34,39-46H,20,35-38H2,1-9H3. The van der Waals surface area contributed by atoms with Crippen molar-refractivity contribution in [2.45, 2.75) is 122 Å². The van der Waals surface area contributed by atoms with E-state index in [0.717, 1.165) is 66.1 Å². The normalized spacial score (nSPS) is 20.1. The monoisotopic (exact) mass is 1020 g/mol. The molecule has 0 amide bonds. The molecule has 0 spiro atoms. The van der Waals surface area contributed by atoms with Crippen LogP contribution in [0.2, 0.25) is 0 Å². The van der Waals surface area contributed by atoms with Gasteiger partial charge in [0, 0.05) is 50.8 Å². The third-order valence-corrected chi connectivity index (χ3v) is 19.6. The largest absolute Gasteiger partial charge is 0.334 e. The summed E-state index contributed by atoms with van der Waals surface area (Å²) in [6.07, 6.45) is 5.31. The maximum atomic E-state index is 15.8. The summed E-state index contributed by atoms with van der Waals surface area (Å²) in [4.78, 5) is 7.92. The summed E-state index contributed by atoms with van der Waals surface area (Å²) >= 11 is 0. The quantitative estimate of drug-likeness (QED) is 0.154. The lowest BCUT2D eigenvalue weighted by Crippen LogP contribution is -2.62.